The lowest BCUT2D eigenvalue weighted by molar-refractivity contribution is 1.07. The highest BCUT2D eigenvalue weighted by molar-refractivity contribution is 7.26. The van der Waals surface area contributed by atoms with Gasteiger partial charge in [0.1, 0.15) is 0 Å². The first-order chi connectivity index (χ1) is 27.2. The molecular weight excluding hydrogens is 687 g/mol. The van der Waals surface area contributed by atoms with Crippen molar-refractivity contribution in [2.24, 2.45) is 0 Å². The van der Waals surface area contributed by atoms with Gasteiger partial charge in [0, 0.05) is 36.9 Å². The van der Waals surface area contributed by atoms with Gasteiger partial charge in [-0.05, 0) is 78.8 Å². The summed E-state index contributed by atoms with van der Waals surface area (Å²) in [7, 11) is 0. The Hall–Kier alpha value is -7.01. The third-order valence-electron chi connectivity index (χ3n) is 10.7. The Balaban J connectivity index is 1.15. The van der Waals surface area contributed by atoms with Crippen molar-refractivity contribution in [2.45, 2.75) is 0 Å². The molecule has 0 saturated heterocycles. The van der Waals surface area contributed by atoms with Gasteiger partial charge in [0.2, 0.25) is 0 Å². The van der Waals surface area contributed by atoms with Crippen LogP contribution in [-0.4, -0.2) is 15.0 Å². The Morgan fingerprint density at radius 2 is 0.709 bits per heavy atom. The fraction of sp³-hybridized carbons (Fsp3) is 0. The predicted molar refractivity (Wildman–Crippen MR) is 232 cm³/mol. The highest BCUT2D eigenvalue weighted by Gasteiger charge is 2.19. The van der Waals surface area contributed by atoms with Gasteiger partial charge < -0.3 is 0 Å². The molecule has 0 aliphatic heterocycles. The summed E-state index contributed by atoms with van der Waals surface area (Å²) in [5.41, 5.74) is 7.51. The summed E-state index contributed by atoms with van der Waals surface area (Å²) >= 11 is 1.82. The van der Waals surface area contributed by atoms with Crippen LogP contribution in [0, 0.1) is 0 Å². The van der Waals surface area contributed by atoms with Gasteiger partial charge in [-0.15, -0.1) is 11.3 Å². The summed E-state index contributed by atoms with van der Waals surface area (Å²) in [4.78, 5) is 15.4. The Bertz CT molecular complexity index is 3210. The van der Waals surface area contributed by atoms with Gasteiger partial charge in [-0.1, -0.05) is 164 Å². The molecule has 0 amide bonds. The van der Waals surface area contributed by atoms with Crippen molar-refractivity contribution in [1.82, 2.24) is 15.0 Å². The molecule has 0 atom stereocenters. The van der Waals surface area contributed by atoms with E-state index in [9.17, 15) is 0 Å². The molecule has 0 bridgehead atoms. The number of benzene rings is 9. The predicted octanol–water partition coefficient (Wildman–Crippen LogP) is 14.0. The van der Waals surface area contributed by atoms with Gasteiger partial charge in [0.25, 0.3) is 0 Å². The minimum Gasteiger partial charge on any atom is -0.208 e. The van der Waals surface area contributed by atoms with E-state index in [0.29, 0.717) is 17.5 Å². The van der Waals surface area contributed by atoms with Crippen LogP contribution in [0.5, 0.6) is 0 Å². The van der Waals surface area contributed by atoms with Crippen LogP contribution in [0.15, 0.2) is 188 Å². The molecule has 0 aliphatic rings. The van der Waals surface area contributed by atoms with E-state index >= 15 is 0 Å². The first kappa shape index (κ1) is 31.5. The van der Waals surface area contributed by atoms with E-state index in [0.717, 1.165) is 27.8 Å². The largest absolute Gasteiger partial charge is 0.208 e. The summed E-state index contributed by atoms with van der Waals surface area (Å²) in [6, 6.07) is 66.9. The highest BCUT2D eigenvalue weighted by atomic mass is 32.1. The normalized spacial score (nSPS) is 11.6. The van der Waals surface area contributed by atoms with E-state index in [2.05, 4.69) is 164 Å². The molecule has 0 N–H and O–H groups in total. The Labute approximate surface area is 321 Å². The molecular formula is C51H31N3S. The number of hydrogen-bond acceptors (Lipinski definition) is 4. The van der Waals surface area contributed by atoms with Gasteiger partial charge in [-0.3, -0.25) is 0 Å². The summed E-state index contributed by atoms with van der Waals surface area (Å²) in [5, 5.41) is 10.1. The molecule has 9 aromatic carbocycles. The number of thiophene rings is 1. The first-order valence-electron chi connectivity index (χ1n) is 18.5. The molecule has 11 aromatic rings. The van der Waals surface area contributed by atoms with Crippen LogP contribution in [0.4, 0.5) is 0 Å². The van der Waals surface area contributed by atoms with Crippen molar-refractivity contribution >= 4 is 63.8 Å². The average molecular weight is 718 g/mol. The fourth-order valence-electron chi connectivity index (χ4n) is 8.08. The van der Waals surface area contributed by atoms with Crippen molar-refractivity contribution in [2.75, 3.05) is 0 Å². The molecule has 0 saturated carbocycles. The quantitative estimate of drug-likeness (QED) is 0.166. The lowest BCUT2D eigenvalue weighted by atomic mass is 9.90. The second kappa shape index (κ2) is 12.8. The lowest BCUT2D eigenvalue weighted by Gasteiger charge is -2.14. The zero-order valence-corrected chi connectivity index (χ0v) is 30.5. The van der Waals surface area contributed by atoms with Crippen molar-refractivity contribution in [3.63, 3.8) is 0 Å². The molecule has 2 heterocycles. The standard InChI is InChI=1S/C51H31N3S/c1-3-13-32(14-4-1)33-23-25-35(26-24-33)50-52-49(34-15-5-2-6-16-34)53-51(54-50)37-30-44(48-43-21-11-12-22-46(43)55-47(48)31-37)36-27-28-42-40-19-8-7-17-38(40)39-18-9-10-20-41(39)45(42)29-36/h1-31H. The number of fused-ring (bicyclic) bond motifs is 9. The number of aromatic nitrogens is 3. The number of nitrogens with zero attached hydrogens (tertiary/aromatic N) is 3. The second-order valence-corrected chi connectivity index (χ2v) is 15.0. The van der Waals surface area contributed by atoms with Crippen molar-refractivity contribution in [3.8, 4) is 56.4 Å². The van der Waals surface area contributed by atoms with E-state index in [1.807, 2.05) is 35.6 Å². The van der Waals surface area contributed by atoms with E-state index in [1.165, 1.54) is 63.6 Å². The van der Waals surface area contributed by atoms with E-state index in [4.69, 9.17) is 15.0 Å². The number of rotatable bonds is 5. The molecule has 2 aromatic heterocycles. The summed E-state index contributed by atoms with van der Waals surface area (Å²) in [5.74, 6) is 1.94. The summed E-state index contributed by atoms with van der Waals surface area (Å²) in [6.07, 6.45) is 0. The molecule has 256 valence electrons. The Kier molecular flexibility index (Phi) is 7.35. The monoisotopic (exact) mass is 717 g/mol. The Morgan fingerprint density at radius 1 is 0.273 bits per heavy atom. The van der Waals surface area contributed by atoms with E-state index in [-0.39, 0.29) is 0 Å². The van der Waals surface area contributed by atoms with Crippen molar-refractivity contribution in [1.29, 1.82) is 0 Å². The zero-order valence-electron chi connectivity index (χ0n) is 29.6. The van der Waals surface area contributed by atoms with Gasteiger partial charge in [-0.2, -0.15) is 0 Å². The topological polar surface area (TPSA) is 38.7 Å². The van der Waals surface area contributed by atoms with Crippen LogP contribution in [0.1, 0.15) is 0 Å². The van der Waals surface area contributed by atoms with Gasteiger partial charge >= 0.3 is 0 Å². The van der Waals surface area contributed by atoms with Crippen LogP contribution in [0.25, 0.3) is 109 Å². The minimum atomic E-state index is 0.644. The maximum Gasteiger partial charge on any atom is 0.164 e. The van der Waals surface area contributed by atoms with Crippen LogP contribution in [0.2, 0.25) is 0 Å². The molecule has 0 aliphatic carbocycles. The SMILES string of the molecule is c1ccc(-c2ccc(-c3nc(-c4ccccc4)nc(-c4cc(-c5ccc6c7ccccc7c7ccccc7c6c5)c5c(c4)sc4ccccc45)n3)cc2)cc1. The second-order valence-electron chi connectivity index (χ2n) is 14.0. The molecule has 4 heteroatoms. The molecule has 3 nitrogen and oxygen atoms in total. The third-order valence-corrected chi connectivity index (χ3v) is 11.8. The zero-order chi connectivity index (χ0) is 36.3. The maximum atomic E-state index is 5.20. The van der Waals surface area contributed by atoms with Crippen LogP contribution in [0.3, 0.4) is 0 Å². The highest BCUT2D eigenvalue weighted by Crippen LogP contribution is 2.44. The molecule has 0 spiro atoms. The third kappa shape index (κ3) is 5.38. The molecule has 0 fully saturated rings. The molecule has 11 rings (SSSR count). The van der Waals surface area contributed by atoms with Gasteiger partial charge in [0.15, 0.2) is 17.5 Å². The minimum absolute atomic E-state index is 0.644. The molecule has 0 unspecified atom stereocenters. The van der Waals surface area contributed by atoms with Crippen LogP contribution in [-0.2, 0) is 0 Å². The summed E-state index contributed by atoms with van der Waals surface area (Å²) in [6.45, 7) is 0. The fourth-order valence-corrected chi connectivity index (χ4v) is 9.25. The smallest absolute Gasteiger partial charge is 0.164 e. The van der Waals surface area contributed by atoms with Crippen molar-refractivity contribution < 1.29 is 0 Å². The van der Waals surface area contributed by atoms with E-state index < -0.39 is 0 Å². The maximum absolute atomic E-state index is 5.20. The van der Waals surface area contributed by atoms with Gasteiger partial charge in [0.05, 0.1) is 0 Å². The average Bonchev–Trinajstić information content (AvgIpc) is 3.65. The first-order valence-corrected chi connectivity index (χ1v) is 19.3. The number of hydrogen-bond donors (Lipinski definition) is 0. The molecule has 0 radical (unpaired) electrons. The van der Waals surface area contributed by atoms with Crippen LogP contribution < -0.4 is 0 Å². The van der Waals surface area contributed by atoms with E-state index in [1.54, 1.807) is 0 Å². The van der Waals surface area contributed by atoms with Gasteiger partial charge in [-0.25, -0.2) is 15.0 Å². The van der Waals surface area contributed by atoms with Crippen molar-refractivity contribution in [3.05, 3.63) is 188 Å². The molecule has 55 heavy (non-hydrogen) atoms. The lowest BCUT2D eigenvalue weighted by Crippen LogP contribution is -2.00. The summed E-state index contributed by atoms with van der Waals surface area (Å²) < 4.78 is 2.46. The van der Waals surface area contributed by atoms with Crippen LogP contribution >= 0.6 is 11.3 Å². The Morgan fingerprint density at radius 3 is 1.35 bits per heavy atom.